The van der Waals surface area contributed by atoms with Gasteiger partial charge in [0.15, 0.2) is 11.5 Å². The van der Waals surface area contributed by atoms with Crippen molar-refractivity contribution in [2.45, 2.75) is 26.0 Å². The number of ether oxygens (including phenoxy) is 3. The molecule has 2 aromatic carbocycles. The normalized spacial score (nSPS) is 19.0. The van der Waals surface area contributed by atoms with Crippen molar-refractivity contribution < 1.29 is 28.9 Å². The van der Waals surface area contributed by atoms with E-state index in [4.69, 9.17) is 14.2 Å². The fourth-order valence-electron chi connectivity index (χ4n) is 4.79. The second kappa shape index (κ2) is 11.8. The van der Waals surface area contributed by atoms with E-state index < -0.39 is 12.1 Å². The lowest BCUT2D eigenvalue weighted by Gasteiger charge is -2.37. The Labute approximate surface area is 233 Å². The number of fused-ring (bicyclic) bond motifs is 2. The Morgan fingerprint density at radius 1 is 1.12 bits per heavy atom. The maximum atomic E-state index is 13.7. The second-order valence-electron chi connectivity index (χ2n) is 10.2. The van der Waals surface area contributed by atoms with Crippen LogP contribution < -0.4 is 14.2 Å². The third kappa shape index (κ3) is 5.79. The lowest BCUT2D eigenvalue weighted by atomic mass is 9.99. The predicted octanol–water partition coefficient (Wildman–Crippen LogP) is 3.97. The van der Waals surface area contributed by atoms with E-state index in [9.17, 15) is 14.7 Å². The number of aliphatic hydroxyl groups excluding tert-OH is 1. The van der Waals surface area contributed by atoms with Crippen molar-refractivity contribution in [1.29, 1.82) is 0 Å². The van der Waals surface area contributed by atoms with E-state index in [2.05, 4.69) is 4.98 Å². The molecule has 5 rings (SSSR count). The van der Waals surface area contributed by atoms with Gasteiger partial charge in [0.2, 0.25) is 12.7 Å². The first-order valence-electron chi connectivity index (χ1n) is 13.3. The first kappa shape index (κ1) is 27.2. The quantitative estimate of drug-likeness (QED) is 0.481. The minimum absolute atomic E-state index is 0.133. The summed E-state index contributed by atoms with van der Waals surface area (Å²) in [6, 6.07) is 16.3. The Balaban J connectivity index is 1.41. The van der Waals surface area contributed by atoms with E-state index in [1.165, 1.54) is 0 Å². The van der Waals surface area contributed by atoms with Crippen LogP contribution >= 0.6 is 0 Å². The number of hydrogen-bond acceptors (Lipinski definition) is 7. The Morgan fingerprint density at radius 3 is 2.65 bits per heavy atom. The van der Waals surface area contributed by atoms with E-state index in [1.54, 1.807) is 47.3 Å². The number of benzene rings is 2. The van der Waals surface area contributed by atoms with Crippen LogP contribution in [0.15, 0.2) is 60.8 Å². The molecule has 0 radical (unpaired) electrons. The summed E-state index contributed by atoms with van der Waals surface area (Å²) in [5.74, 6) is 0.753. The molecule has 1 N–H and O–H groups in total. The molecule has 9 nitrogen and oxygen atoms in total. The van der Waals surface area contributed by atoms with E-state index in [0.29, 0.717) is 29.2 Å². The maximum absolute atomic E-state index is 13.7. The zero-order valence-corrected chi connectivity index (χ0v) is 22.8. The average molecular weight is 544 g/mol. The van der Waals surface area contributed by atoms with Gasteiger partial charge in [-0.25, -0.2) is 4.98 Å². The van der Waals surface area contributed by atoms with Crippen molar-refractivity contribution in [3.8, 4) is 17.4 Å². The SMILES string of the molecule is C[C@H]1CN([C@@H](C)CO)C(=O)c2cc(/C=C/c3ccccc3)cnc2O[C@@H]1CN(C)C(=O)c1ccc2c(c1)OCO2. The van der Waals surface area contributed by atoms with Gasteiger partial charge in [0.1, 0.15) is 11.7 Å². The van der Waals surface area contributed by atoms with E-state index >= 15 is 0 Å². The van der Waals surface area contributed by atoms with Crippen LogP contribution in [0.3, 0.4) is 0 Å². The molecule has 0 unspecified atom stereocenters. The Morgan fingerprint density at radius 2 is 1.88 bits per heavy atom. The molecule has 208 valence electrons. The number of aromatic nitrogens is 1. The molecule has 0 bridgehead atoms. The van der Waals surface area contributed by atoms with Crippen LogP contribution in [0.5, 0.6) is 17.4 Å². The van der Waals surface area contributed by atoms with E-state index in [1.807, 2.05) is 56.3 Å². The van der Waals surface area contributed by atoms with Crippen LogP contribution in [-0.2, 0) is 0 Å². The van der Waals surface area contributed by atoms with Gasteiger partial charge in [-0.3, -0.25) is 9.59 Å². The van der Waals surface area contributed by atoms with Crippen LogP contribution in [0.2, 0.25) is 0 Å². The summed E-state index contributed by atoms with van der Waals surface area (Å²) in [4.78, 5) is 34.7. The molecule has 0 saturated carbocycles. The first-order chi connectivity index (χ1) is 19.3. The topological polar surface area (TPSA) is 101 Å². The summed E-state index contributed by atoms with van der Waals surface area (Å²) in [6.45, 7) is 4.35. The van der Waals surface area contributed by atoms with Crippen LogP contribution in [-0.4, -0.2) is 77.4 Å². The number of carbonyl (C=O) groups excluding carboxylic acids is 2. The van der Waals surface area contributed by atoms with Crippen molar-refractivity contribution in [3.63, 3.8) is 0 Å². The van der Waals surface area contributed by atoms with Crippen molar-refractivity contribution >= 4 is 24.0 Å². The lowest BCUT2D eigenvalue weighted by Crippen LogP contribution is -2.50. The molecule has 2 aliphatic rings. The van der Waals surface area contributed by atoms with Gasteiger partial charge in [0.05, 0.1) is 19.2 Å². The Bertz CT molecular complexity index is 1410. The number of nitrogens with zero attached hydrogens (tertiary/aromatic N) is 3. The summed E-state index contributed by atoms with van der Waals surface area (Å²) in [5.41, 5.74) is 2.56. The minimum atomic E-state index is -0.457. The molecule has 1 aromatic heterocycles. The molecule has 9 heteroatoms. The van der Waals surface area contributed by atoms with E-state index in [0.717, 1.165) is 11.1 Å². The summed E-state index contributed by atoms with van der Waals surface area (Å²) < 4.78 is 17.1. The molecule has 2 aliphatic heterocycles. The van der Waals surface area contributed by atoms with Gasteiger partial charge >= 0.3 is 0 Å². The maximum Gasteiger partial charge on any atom is 0.259 e. The van der Waals surface area contributed by atoms with Crippen molar-refractivity contribution in [1.82, 2.24) is 14.8 Å². The molecule has 2 amide bonds. The van der Waals surface area contributed by atoms with Crippen molar-refractivity contribution in [2.24, 2.45) is 5.92 Å². The average Bonchev–Trinajstić information content (AvgIpc) is 3.45. The summed E-state index contributed by atoms with van der Waals surface area (Å²) in [6.07, 6.45) is 5.05. The third-order valence-corrected chi connectivity index (χ3v) is 7.23. The highest BCUT2D eigenvalue weighted by molar-refractivity contribution is 5.97. The number of pyridine rings is 1. The number of likely N-dealkylation sites (N-methyl/N-ethyl adjacent to an activating group) is 1. The standard InChI is InChI=1S/C31H33N3O6/c1-20-16-34(21(2)18-35)31(37)25-13-23(10-9-22-7-5-4-6-8-22)15-32-29(25)40-28(20)17-33(3)30(36)24-11-12-26-27(14-24)39-19-38-26/h4-15,20-21,28,35H,16-19H2,1-3H3/b10-9+/t20-,21-,28+/m0/s1. The molecular weight excluding hydrogens is 510 g/mol. The molecule has 3 heterocycles. The zero-order chi connectivity index (χ0) is 28.2. The number of hydrogen-bond donors (Lipinski definition) is 1. The molecule has 0 saturated heterocycles. The highest BCUT2D eigenvalue weighted by Gasteiger charge is 2.35. The number of rotatable bonds is 7. The van der Waals surface area contributed by atoms with Gasteiger partial charge < -0.3 is 29.1 Å². The fraction of sp³-hybridized carbons (Fsp3) is 0.323. The predicted molar refractivity (Wildman–Crippen MR) is 150 cm³/mol. The van der Waals surface area contributed by atoms with Crippen LogP contribution in [0, 0.1) is 5.92 Å². The van der Waals surface area contributed by atoms with Gasteiger partial charge in [-0.2, -0.15) is 0 Å². The highest BCUT2D eigenvalue weighted by Crippen LogP contribution is 2.33. The third-order valence-electron chi connectivity index (χ3n) is 7.23. The number of amides is 2. The minimum Gasteiger partial charge on any atom is -0.472 e. The van der Waals surface area contributed by atoms with Crippen LogP contribution in [0.4, 0.5) is 0 Å². The molecule has 0 fully saturated rings. The monoisotopic (exact) mass is 543 g/mol. The fourth-order valence-corrected chi connectivity index (χ4v) is 4.79. The van der Waals surface area contributed by atoms with Gasteiger partial charge in [-0.15, -0.1) is 0 Å². The largest absolute Gasteiger partial charge is 0.472 e. The van der Waals surface area contributed by atoms with Crippen molar-refractivity contribution in [3.05, 3.63) is 83.0 Å². The van der Waals surface area contributed by atoms with E-state index in [-0.39, 0.29) is 43.6 Å². The summed E-state index contributed by atoms with van der Waals surface area (Å²) >= 11 is 0. The molecule has 0 aliphatic carbocycles. The number of aliphatic hydroxyl groups is 1. The van der Waals surface area contributed by atoms with Gasteiger partial charge in [0, 0.05) is 31.3 Å². The smallest absolute Gasteiger partial charge is 0.259 e. The lowest BCUT2D eigenvalue weighted by molar-refractivity contribution is 0.0313. The highest BCUT2D eigenvalue weighted by atomic mass is 16.7. The molecule has 40 heavy (non-hydrogen) atoms. The molecule has 3 aromatic rings. The Hall–Kier alpha value is -4.37. The zero-order valence-electron chi connectivity index (χ0n) is 22.8. The van der Waals surface area contributed by atoms with Gasteiger partial charge in [-0.1, -0.05) is 49.4 Å². The second-order valence-corrected chi connectivity index (χ2v) is 10.2. The van der Waals surface area contributed by atoms with Gasteiger partial charge in [-0.05, 0) is 42.3 Å². The van der Waals surface area contributed by atoms with Gasteiger partial charge in [0.25, 0.3) is 11.8 Å². The van der Waals surface area contributed by atoms with Crippen molar-refractivity contribution in [2.75, 3.05) is 33.5 Å². The number of carbonyl (C=O) groups is 2. The first-order valence-corrected chi connectivity index (χ1v) is 13.3. The molecular formula is C31H33N3O6. The van der Waals surface area contributed by atoms with Crippen LogP contribution in [0.25, 0.3) is 12.2 Å². The molecule has 3 atom stereocenters. The summed E-state index contributed by atoms with van der Waals surface area (Å²) in [5, 5.41) is 9.92. The summed E-state index contributed by atoms with van der Waals surface area (Å²) in [7, 11) is 1.72. The molecule has 0 spiro atoms. The Kier molecular flexibility index (Phi) is 8.02. The van der Waals surface area contributed by atoms with Crippen LogP contribution in [0.1, 0.15) is 45.7 Å².